The number of imidazole rings is 1. The Morgan fingerprint density at radius 3 is 2.79 bits per heavy atom. The summed E-state index contributed by atoms with van der Waals surface area (Å²) >= 11 is 0. The maximum absolute atomic E-state index is 12.7. The summed E-state index contributed by atoms with van der Waals surface area (Å²) in [6.07, 6.45) is 9.59. The highest BCUT2D eigenvalue weighted by Gasteiger charge is 2.21. The van der Waals surface area contributed by atoms with E-state index in [9.17, 15) is 9.59 Å². The Morgan fingerprint density at radius 2 is 2.00 bits per heavy atom. The number of rotatable bonds is 7. The second-order valence-corrected chi connectivity index (χ2v) is 6.55. The van der Waals surface area contributed by atoms with Crippen LogP contribution in [0.2, 0.25) is 0 Å². The van der Waals surface area contributed by atoms with Gasteiger partial charge in [0.05, 0.1) is 17.5 Å². The Kier molecular flexibility index (Phi) is 5.01. The molecule has 1 aromatic carbocycles. The first-order valence-corrected chi connectivity index (χ1v) is 9.07. The van der Waals surface area contributed by atoms with Crippen molar-refractivity contribution in [3.05, 3.63) is 82.9 Å². The fraction of sp³-hybridized carbons (Fsp3) is 0.200. The average Bonchev–Trinajstić information content (AvgIpc) is 3.36. The third kappa shape index (κ3) is 3.85. The van der Waals surface area contributed by atoms with Crippen molar-refractivity contribution in [2.75, 3.05) is 6.54 Å². The summed E-state index contributed by atoms with van der Waals surface area (Å²) in [5.41, 5.74) is 1.96. The van der Waals surface area contributed by atoms with Crippen molar-refractivity contribution < 1.29 is 4.79 Å². The van der Waals surface area contributed by atoms with Crippen LogP contribution < -0.4 is 10.9 Å². The summed E-state index contributed by atoms with van der Waals surface area (Å²) in [5, 5.41) is 9.38. The number of aromatic amines is 1. The van der Waals surface area contributed by atoms with Gasteiger partial charge in [-0.15, -0.1) is 0 Å². The van der Waals surface area contributed by atoms with Crippen molar-refractivity contribution >= 4 is 5.91 Å². The van der Waals surface area contributed by atoms with E-state index in [4.69, 9.17) is 0 Å². The van der Waals surface area contributed by atoms with Gasteiger partial charge in [-0.2, -0.15) is 5.10 Å². The number of fused-ring (bicyclic) bond motifs is 1. The lowest BCUT2D eigenvalue weighted by molar-refractivity contribution is 0.0952. The molecule has 4 rings (SSSR count). The molecule has 0 saturated heterocycles. The highest BCUT2D eigenvalue weighted by molar-refractivity contribution is 5.99. The molecule has 0 aliphatic carbocycles. The summed E-state index contributed by atoms with van der Waals surface area (Å²) in [6, 6.07) is 9.87. The molecule has 3 heterocycles. The Balaban J connectivity index is 1.51. The molecular formula is C20H20N6O2. The van der Waals surface area contributed by atoms with Crippen LogP contribution in [0.1, 0.15) is 22.3 Å². The molecule has 142 valence electrons. The number of carbonyl (C=O) groups is 1. The first-order valence-electron chi connectivity index (χ1n) is 9.07. The second-order valence-electron chi connectivity index (χ2n) is 6.55. The van der Waals surface area contributed by atoms with Gasteiger partial charge in [0.2, 0.25) is 0 Å². The van der Waals surface area contributed by atoms with E-state index >= 15 is 0 Å². The molecule has 2 aliphatic heterocycles. The van der Waals surface area contributed by atoms with Crippen LogP contribution in [-0.2, 0) is 13.1 Å². The minimum atomic E-state index is -0.299. The zero-order chi connectivity index (χ0) is 19.3. The summed E-state index contributed by atoms with van der Waals surface area (Å²) in [5.74, 6) is -0.246. The maximum Gasteiger partial charge on any atom is 0.275 e. The molecule has 0 bridgehead atoms. The molecule has 0 fully saturated rings. The molecule has 0 spiro atoms. The van der Waals surface area contributed by atoms with Gasteiger partial charge in [-0.05, 0) is 12.0 Å². The molecule has 0 atom stereocenters. The number of aromatic nitrogens is 5. The molecule has 0 saturated carbocycles. The Bertz CT molecular complexity index is 1080. The number of benzene rings is 1. The van der Waals surface area contributed by atoms with Gasteiger partial charge in [-0.3, -0.25) is 9.59 Å². The van der Waals surface area contributed by atoms with E-state index in [1.54, 1.807) is 24.9 Å². The normalized spacial score (nSPS) is 11.0. The predicted octanol–water partition coefficient (Wildman–Crippen LogP) is 1.74. The number of amides is 1. The van der Waals surface area contributed by atoms with Gasteiger partial charge in [-0.25, -0.2) is 10.1 Å². The molecule has 8 heteroatoms. The highest BCUT2D eigenvalue weighted by Crippen LogP contribution is 2.20. The van der Waals surface area contributed by atoms with Crippen molar-refractivity contribution in [1.29, 1.82) is 0 Å². The van der Waals surface area contributed by atoms with Gasteiger partial charge in [-0.1, -0.05) is 30.3 Å². The standard InChI is InChI=1S/C20H20N6O2/c27-19(22-7-4-9-25-10-8-21-14-25)16-12-26(11-15-5-2-1-3-6-15)13-17-18(16)23-24-20(17)28/h1-3,5-6,8,10,12-14H,4,7,9,11H2,(H,22,27)(H,24,28). The topological polar surface area (TPSA) is 97.6 Å². The first-order chi connectivity index (χ1) is 13.7. The first kappa shape index (κ1) is 17.7. The molecule has 2 aliphatic rings. The average molecular weight is 376 g/mol. The predicted molar refractivity (Wildman–Crippen MR) is 104 cm³/mol. The number of carbonyl (C=O) groups excluding carboxylic acids is 1. The summed E-state index contributed by atoms with van der Waals surface area (Å²) in [7, 11) is 0. The molecule has 28 heavy (non-hydrogen) atoms. The van der Waals surface area contributed by atoms with E-state index < -0.39 is 0 Å². The van der Waals surface area contributed by atoms with Crippen molar-refractivity contribution in [3.63, 3.8) is 0 Å². The molecule has 0 unspecified atom stereocenters. The van der Waals surface area contributed by atoms with Gasteiger partial charge < -0.3 is 14.5 Å². The van der Waals surface area contributed by atoms with Crippen molar-refractivity contribution in [2.45, 2.75) is 19.5 Å². The number of aryl methyl sites for hydroxylation is 1. The van der Waals surface area contributed by atoms with E-state index in [1.807, 2.05) is 45.7 Å². The van der Waals surface area contributed by atoms with E-state index in [0.717, 1.165) is 18.5 Å². The molecule has 8 nitrogen and oxygen atoms in total. The maximum atomic E-state index is 12.7. The van der Waals surface area contributed by atoms with Crippen LogP contribution in [-0.4, -0.2) is 36.8 Å². The van der Waals surface area contributed by atoms with Crippen molar-refractivity contribution in [2.24, 2.45) is 0 Å². The monoisotopic (exact) mass is 376 g/mol. The van der Waals surface area contributed by atoms with Crippen LogP contribution in [0.25, 0.3) is 11.3 Å². The molecule has 2 N–H and O–H groups in total. The molecule has 0 radical (unpaired) electrons. The zero-order valence-electron chi connectivity index (χ0n) is 15.2. The van der Waals surface area contributed by atoms with Crippen molar-refractivity contribution in [1.82, 2.24) is 29.6 Å². The number of nitrogens with zero attached hydrogens (tertiary/aromatic N) is 4. The minimum absolute atomic E-state index is 0.246. The highest BCUT2D eigenvalue weighted by atomic mass is 16.2. The van der Waals surface area contributed by atoms with Crippen LogP contribution in [0.3, 0.4) is 0 Å². The van der Waals surface area contributed by atoms with Gasteiger partial charge in [0, 0.05) is 44.4 Å². The third-order valence-corrected chi connectivity index (χ3v) is 4.50. The smallest absolute Gasteiger partial charge is 0.275 e. The molecule has 2 aromatic rings. The second kappa shape index (κ2) is 7.91. The summed E-state index contributed by atoms with van der Waals surface area (Å²) in [6.45, 7) is 1.84. The van der Waals surface area contributed by atoms with Crippen LogP contribution >= 0.6 is 0 Å². The van der Waals surface area contributed by atoms with Gasteiger partial charge in [0.1, 0.15) is 5.69 Å². The van der Waals surface area contributed by atoms with Gasteiger partial charge in [0.15, 0.2) is 0 Å². The minimum Gasteiger partial charge on any atom is -0.352 e. The number of hydrogen-bond donors (Lipinski definition) is 2. The van der Waals surface area contributed by atoms with Gasteiger partial charge in [0.25, 0.3) is 11.5 Å². The fourth-order valence-corrected chi connectivity index (χ4v) is 3.12. The Labute approximate surface area is 161 Å². The summed E-state index contributed by atoms with van der Waals surface area (Å²) < 4.78 is 3.80. The lowest BCUT2D eigenvalue weighted by Crippen LogP contribution is -2.27. The van der Waals surface area contributed by atoms with Crippen LogP contribution in [0.15, 0.2) is 66.2 Å². The van der Waals surface area contributed by atoms with E-state index in [0.29, 0.717) is 29.9 Å². The number of pyridine rings is 1. The van der Waals surface area contributed by atoms with E-state index in [2.05, 4.69) is 20.5 Å². The Hall–Kier alpha value is -3.68. The quantitative estimate of drug-likeness (QED) is 0.480. The molecule has 1 amide bonds. The Morgan fingerprint density at radius 1 is 1.14 bits per heavy atom. The lowest BCUT2D eigenvalue weighted by Gasteiger charge is -2.13. The largest absolute Gasteiger partial charge is 0.352 e. The van der Waals surface area contributed by atoms with Crippen LogP contribution in [0.5, 0.6) is 0 Å². The van der Waals surface area contributed by atoms with E-state index in [1.165, 1.54) is 0 Å². The van der Waals surface area contributed by atoms with Crippen LogP contribution in [0.4, 0.5) is 0 Å². The van der Waals surface area contributed by atoms with Crippen LogP contribution in [0, 0.1) is 0 Å². The van der Waals surface area contributed by atoms with E-state index in [-0.39, 0.29) is 11.5 Å². The number of nitrogens with one attached hydrogen (secondary N) is 2. The summed E-state index contributed by atoms with van der Waals surface area (Å²) in [4.78, 5) is 28.8. The van der Waals surface area contributed by atoms with Gasteiger partial charge >= 0.3 is 0 Å². The molecular weight excluding hydrogens is 356 g/mol. The van der Waals surface area contributed by atoms with Crippen molar-refractivity contribution in [3.8, 4) is 11.3 Å². The molecule has 1 aromatic heterocycles. The third-order valence-electron chi connectivity index (χ3n) is 4.50. The number of H-pyrrole nitrogens is 1. The fourth-order valence-electron chi connectivity index (χ4n) is 3.12. The zero-order valence-corrected chi connectivity index (χ0v) is 15.2. The SMILES string of the molecule is O=C(NCCCn1ccnc1)c1cn(Cc2ccccc2)cc2c(=O)[nH]nc1-2. The lowest BCUT2D eigenvalue weighted by atomic mass is 10.1. The number of hydrogen-bond acceptors (Lipinski definition) is 4.